The van der Waals surface area contributed by atoms with Crippen LogP contribution in [0.25, 0.3) is 0 Å². The topological polar surface area (TPSA) is 12.0 Å². The van der Waals surface area contributed by atoms with Crippen molar-refractivity contribution in [1.82, 2.24) is 5.32 Å². The first kappa shape index (κ1) is 13.5. The molecule has 3 heteroatoms. The van der Waals surface area contributed by atoms with Gasteiger partial charge in [0.2, 0.25) is 0 Å². The Kier molecular flexibility index (Phi) is 5.85. The zero-order chi connectivity index (χ0) is 12.0. The Bertz CT molecular complexity index is 299. The van der Waals surface area contributed by atoms with E-state index in [2.05, 4.69) is 25.4 Å². The molecule has 0 saturated heterocycles. The Balaban J connectivity index is 2.56. The molecule has 0 spiro atoms. The van der Waals surface area contributed by atoms with Gasteiger partial charge in [-0.3, -0.25) is 0 Å². The van der Waals surface area contributed by atoms with Crippen molar-refractivity contribution in [2.75, 3.05) is 12.0 Å². The molecule has 0 aromatic heterocycles. The zero-order valence-corrected chi connectivity index (χ0v) is 11.0. The summed E-state index contributed by atoms with van der Waals surface area (Å²) in [5.74, 6) is 0.939. The maximum atomic E-state index is 12.8. The molecule has 90 valence electrons. The highest BCUT2D eigenvalue weighted by molar-refractivity contribution is 7.98. The Morgan fingerprint density at radius 2 is 1.94 bits per heavy atom. The fourth-order valence-electron chi connectivity index (χ4n) is 1.69. The van der Waals surface area contributed by atoms with Crippen LogP contribution < -0.4 is 5.32 Å². The standard InChI is InChI=1S/C13H20FNS/c1-4-13(9-16-3)15-10(2)11-5-7-12(14)8-6-11/h5-8,10,13,15H,4,9H2,1-3H3. The first-order chi connectivity index (χ1) is 7.67. The normalized spacial score (nSPS) is 14.8. The smallest absolute Gasteiger partial charge is 0.123 e. The van der Waals surface area contributed by atoms with Gasteiger partial charge in [0.05, 0.1) is 0 Å². The van der Waals surface area contributed by atoms with Crippen LogP contribution in [-0.4, -0.2) is 18.1 Å². The molecule has 0 fully saturated rings. The molecule has 1 rings (SSSR count). The molecule has 0 aliphatic carbocycles. The van der Waals surface area contributed by atoms with Gasteiger partial charge in [0.15, 0.2) is 0 Å². The van der Waals surface area contributed by atoms with Crippen LogP contribution in [0.4, 0.5) is 4.39 Å². The van der Waals surface area contributed by atoms with Crippen molar-refractivity contribution in [1.29, 1.82) is 0 Å². The summed E-state index contributed by atoms with van der Waals surface area (Å²) in [6, 6.07) is 7.52. The van der Waals surface area contributed by atoms with Crippen molar-refractivity contribution in [2.24, 2.45) is 0 Å². The van der Waals surface area contributed by atoms with Crippen LogP contribution in [0.1, 0.15) is 31.9 Å². The Morgan fingerprint density at radius 3 is 2.44 bits per heavy atom. The molecule has 1 aromatic carbocycles. The quantitative estimate of drug-likeness (QED) is 0.816. The maximum absolute atomic E-state index is 12.8. The van der Waals surface area contributed by atoms with E-state index in [0.29, 0.717) is 6.04 Å². The van der Waals surface area contributed by atoms with Crippen LogP contribution in [0, 0.1) is 5.82 Å². The van der Waals surface area contributed by atoms with Gasteiger partial charge in [-0.1, -0.05) is 19.1 Å². The van der Waals surface area contributed by atoms with Crippen molar-refractivity contribution in [3.8, 4) is 0 Å². The van der Waals surface area contributed by atoms with E-state index in [0.717, 1.165) is 17.7 Å². The van der Waals surface area contributed by atoms with Crippen LogP contribution >= 0.6 is 11.8 Å². The first-order valence-electron chi connectivity index (χ1n) is 5.67. The molecular weight excluding hydrogens is 221 g/mol. The number of hydrogen-bond acceptors (Lipinski definition) is 2. The van der Waals surface area contributed by atoms with E-state index in [1.165, 1.54) is 12.1 Å². The Morgan fingerprint density at radius 1 is 1.31 bits per heavy atom. The molecule has 0 heterocycles. The lowest BCUT2D eigenvalue weighted by Gasteiger charge is -2.22. The van der Waals surface area contributed by atoms with Gasteiger partial charge in [0, 0.05) is 17.8 Å². The third-order valence-electron chi connectivity index (χ3n) is 2.72. The molecular formula is C13H20FNS. The second-order valence-electron chi connectivity index (χ2n) is 4.00. The molecule has 0 aliphatic rings. The Labute approximate surface area is 102 Å². The summed E-state index contributed by atoms with van der Waals surface area (Å²) in [5.41, 5.74) is 1.14. The van der Waals surface area contributed by atoms with Gasteiger partial charge in [-0.15, -0.1) is 0 Å². The lowest BCUT2D eigenvalue weighted by atomic mass is 10.1. The van der Waals surface area contributed by atoms with E-state index in [4.69, 9.17) is 0 Å². The summed E-state index contributed by atoms with van der Waals surface area (Å²) in [6.07, 6.45) is 3.24. The fourth-order valence-corrected chi connectivity index (χ4v) is 2.42. The fraction of sp³-hybridized carbons (Fsp3) is 0.538. The molecule has 0 amide bonds. The average molecular weight is 241 g/mol. The average Bonchev–Trinajstić information content (AvgIpc) is 2.29. The van der Waals surface area contributed by atoms with E-state index >= 15 is 0 Å². The van der Waals surface area contributed by atoms with Gasteiger partial charge in [-0.25, -0.2) is 4.39 Å². The van der Waals surface area contributed by atoms with Crippen LogP contribution in [0.2, 0.25) is 0 Å². The summed E-state index contributed by atoms with van der Waals surface area (Å²) in [7, 11) is 0. The minimum Gasteiger partial charge on any atom is -0.307 e. The third kappa shape index (κ3) is 4.14. The molecule has 1 nitrogen and oxygen atoms in total. The predicted octanol–water partition coefficient (Wildman–Crippen LogP) is 3.62. The summed E-state index contributed by atoms with van der Waals surface area (Å²) >= 11 is 1.85. The number of thioether (sulfide) groups is 1. The lowest BCUT2D eigenvalue weighted by Crippen LogP contribution is -2.32. The zero-order valence-electron chi connectivity index (χ0n) is 10.2. The molecule has 1 aromatic rings. The van der Waals surface area contributed by atoms with E-state index in [-0.39, 0.29) is 11.9 Å². The number of halogens is 1. The van der Waals surface area contributed by atoms with Crippen molar-refractivity contribution in [3.05, 3.63) is 35.6 Å². The number of nitrogens with one attached hydrogen (secondary N) is 1. The van der Waals surface area contributed by atoms with E-state index in [1.54, 1.807) is 0 Å². The van der Waals surface area contributed by atoms with Crippen molar-refractivity contribution in [3.63, 3.8) is 0 Å². The number of benzene rings is 1. The monoisotopic (exact) mass is 241 g/mol. The highest BCUT2D eigenvalue weighted by Gasteiger charge is 2.11. The van der Waals surface area contributed by atoms with Gasteiger partial charge >= 0.3 is 0 Å². The molecule has 2 atom stereocenters. The summed E-state index contributed by atoms with van der Waals surface area (Å²) in [5, 5.41) is 3.56. The maximum Gasteiger partial charge on any atom is 0.123 e. The van der Waals surface area contributed by atoms with E-state index in [9.17, 15) is 4.39 Å². The van der Waals surface area contributed by atoms with Gasteiger partial charge in [-0.05, 0) is 37.3 Å². The third-order valence-corrected chi connectivity index (χ3v) is 3.45. The van der Waals surface area contributed by atoms with E-state index in [1.807, 2.05) is 23.9 Å². The number of hydrogen-bond donors (Lipinski definition) is 1. The molecule has 0 aliphatic heterocycles. The minimum atomic E-state index is -0.174. The lowest BCUT2D eigenvalue weighted by molar-refractivity contribution is 0.474. The molecule has 1 N–H and O–H groups in total. The highest BCUT2D eigenvalue weighted by Crippen LogP contribution is 2.15. The Hall–Kier alpha value is -0.540. The first-order valence-corrected chi connectivity index (χ1v) is 7.07. The van der Waals surface area contributed by atoms with Gasteiger partial charge in [0.1, 0.15) is 5.82 Å². The summed E-state index contributed by atoms with van der Waals surface area (Å²) in [6.45, 7) is 4.31. The second kappa shape index (κ2) is 6.92. The molecule has 0 radical (unpaired) electrons. The van der Waals surface area contributed by atoms with Crippen LogP contribution in [0.5, 0.6) is 0 Å². The van der Waals surface area contributed by atoms with Gasteiger partial charge in [0.25, 0.3) is 0 Å². The molecule has 0 bridgehead atoms. The summed E-state index contributed by atoms with van der Waals surface area (Å²) < 4.78 is 12.8. The predicted molar refractivity (Wildman–Crippen MR) is 70.4 cm³/mol. The van der Waals surface area contributed by atoms with Crippen molar-refractivity contribution < 1.29 is 4.39 Å². The van der Waals surface area contributed by atoms with Crippen LogP contribution in [-0.2, 0) is 0 Å². The number of rotatable bonds is 6. The van der Waals surface area contributed by atoms with Gasteiger partial charge < -0.3 is 5.32 Å². The van der Waals surface area contributed by atoms with Crippen LogP contribution in [0.15, 0.2) is 24.3 Å². The molecule has 16 heavy (non-hydrogen) atoms. The van der Waals surface area contributed by atoms with E-state index < -0.39 is 0 Å². The van der Waals surface area contributed by atoms with Crippen molar-refractivity contribution in [2.45, 2.75) is 32.4 Å². The largest absolute Gasteiger partial charge is 0.307 e. The van der Waals surface area contributed by atoms with Gasteiger partial charge in [-0.2, -0.15) is 11.8 Å². The highest BCUT2D eigenvalue weighted by atomic mass is 32.2. The SMILES string of the molecule is CCC(CSC)NC(C)c1ccc(F)cc1. The van der Waals surface area contributed by atoms with Crippen LogP contribution in [0.3, 0.4) is 0 Å². The second-order valence-corrected chi connectivity index (χ2v) is 4.91. The summed E-state index contributed by atoms with van der Waals surface area (Å²) in [4.78, 5) is 0. The molecule has 0 saturated carbocycles. The van der Waals surface area contributed by atoms with Crippen molar-refractivity contribution >= 4 is 11.8 Å². The minimum absolute atomic E-state index is 0.174. The molecule has 2 unspecified atom stereocenters.